The van der Waals surface area contributed by atoms with Crippen LogP contribution in [-0.2, 0) is 16.0 Å². The zero-order valence-electron chi connectivity index (χ0n) is 9.40. The van der Waals surface area contributed by atoms with E-state index in [1.807, 2.05) is 0 Å². The Kier molecular flexibility index (Phi) is 3.22. The maximum Gasteiger partial charge on any atom is 0.243 e. The zero-order valence-corrected chi connectivity index (χ0v) is 9.40. The highest BCUT2D eigenvalue weighted by Crippen LogP contribution is 2.09. The van der Waals surface area contributed by atoms with Gasteiger partial charge in [-0.05, 0) is 6.07 Å². The van der Waals surface area contributed by atoms with E-state index >= 15 is 0 Å². The highest BCUT2D eigenvalue weighted by atomic mass is 16.5. The van der Waals surface area contributed by atoms with Crippen LogP contribution in [0.25, 0.3) is 0 Å². The first-order valence-electron chi connectivity index (χ1n) is 5.26. The van der Waals surface area contributed by atoms with Gasteiger partial charge in [0, 0.05) is 18.2 Å². The van der Waals surface area contributed by atoms with Crippen molar-refractivity contribution in [2.45, 2.75) is 12.5 Å². The predicted molar refractivity (Wildman–Crippen MR) is 59.4 cm³/mol. The second-order valence-electron chi connectivity index (χ2n) is 3.71. The third-order valence-corrected chi connectivity index (χ3v) is 2.48. The quantitative estimate of drug-likeness (QED) is 0.722. The lowest BCUT2D eigenvalue weighted by Gasteiger charge is -2.22. The smallest absolute Gasteiger partial charge is 0.243 e. The van der Waals surface area contributed by atoms with Gasteiger partial charge in [-0.15, -0.1) is 0 Å². The van der Waals surface area contributed by atoms with Gasteiger partial charge in [0.15, 0.2) is 0 Å². The van der Waals surface area contributed by atoms with Crippen molar-refractivity contribution in [1.29, 1.82) is 0 Å². The van der Waals surface area contributed by atoms with Crippen LogP contribution in [0.1, 0.15) is 5.69 Å². The molecular formula is C11H13N3O3. The van der Waals surface area contributed by atoms with Gasteiger partial charge in [-0.1, -0.05) is 6.07 Å². The van der Waals surface area contributed by atoms with Crippen molar-refractivity contribution < 1.29 is 14.3 Å². The average molecular weight is 235 g/mol. The fourth-order valence-corrected chi connectivity index (χ4v) is 1.64. The Bertz CT molecular complexity index is 447. The number of hydrogen-bond donors (Lipinski definition) is 2. The number of nitrogens with one attached hydrogen (secondary N) is 2. The molecule has 0 saturated carbocycles. The Morgan fingerprint density at radius 1 is 1.47 bits per heavy atom. The molecule has 0 bridgehead atoms. The third kappa shape index (κ3) is 2.72. The SMILES string of the molecule is COc1cccc(C[C@H]2NC(=O)CNC2=O)n1. The summed E-state index contributed by atoms with van der Waals surface area (Å²) in [6.45, 7) is 0.0425. The van der Waals surface area contributed by atoms with E-state index in [-0.39, 0.29) is 18.4 Å². The first-order chi connectivity index (χ1) is 8.19. The van der Waals surface area contributed by atoms with Crippen LogP contribution in [-0.4, -0.2) is 36.5 Å². The van der Waals surface area contributed by atoms with Gasteiger partial charge in [0.1, 0.15) is 6.04 Å². The lowest BCUT2D eigenvalue weighted by Crippen LogP contribution is -2.56. The summed E-state index contributed by atoms with van der Waals surface area (Å²) in [5.74, 6) is 0.122. The van der Waals surface area contributed by atoms with Gasteiger partial charge in [0.05, 0.1) is 13.7 Å². The van der Waals surface area contributed by atoms with Gasteiger partial charge in [-0.3, -0.25) is 9.59 Å². The van der Waals surface area contributed by atoms with Crippen LogP contribution in [0.15, 0.2) is 18.2 Å². The minimum atomic E-state index is -0.559. The summed E-state index contributed by atoms with van der Waals surface area (Å²) < 4.78 is 4.99. The first-order valence-corrected chi connectivity index (χ1v) is 5.26. The average Bonchev–Trinajstić information content (AvgIpc) is 2.34. The molecule has 1 saturated heterocycles. The fraction of sp³-hybridized carbons (Fsp3) is 0.364. The number of rotatable bonds is 3. The van der Waals surface area contributed by atoms with Crippen LogP contribution in [0.2, 0.25) is 0 Å². The Balaban J connectivity index is 2.08. The summed E-state index contributed by atoms with van der Waals surface area (Å²) in [6.07, 6.45) is 0.356. The number of amides is 2. The van der Waals surface area contributed by atoms with Gasteiger partial charge in [-0.2, -0.15) is 0 Å². The standard InChI is InChI=1S/C11H13N3O3/c1-17-10-4-2-3-7(13-10)5-8-11(16)12-6-9(15)14-8/h2-4,8H,5-6H2,1H3,(H,12,16)(H,14,15)/t8-/m1/s1. The van der Waals surface area contributed by atoms with Crippen molar-refractivity contribution in [2.24, 2.45) is 0 Å². The van der Waals surface area contributed by atoms with Crippen molar-refractivity contribution in [3.05, 3.63) is 23.9 Å². The number of carbonyl (C=O) groups excluding carboxylic acids is 2. The highest BCUT2D eigenvalue weighted by molar-refractivity contribution is 5.94. The molecule has 2 rings (SSSR count). The molecule has 2 heterocycles. The number of methoxy groups -OCH3 is 1. The molecule has 1 aliphatic rings. The molecule has 0 aliphatic carbocycles. The number of carbonyl (C=O) groups is 2. The summed E-state index contributed by atoms with van der Waals surface area (Å²) in [5, 5.41) is 5.14. The minimum absolute atomic E-state index is 0.0425. The topological polar surface area (TPSA) is 80.3 Å². The van der Waals surface area contributed by atoms with Gasteiger partial charge < -0.3 is 15.4 Å². The number of nitrogens with zero attached hydrogens (tertiary/aromatic N) is 1. The monoisotopic (exact) mass is 235 g/mol. The van der Waals surface area contributed by atoms with Crippen LogP contribution in [0.3, 0.4) is 0 Å². The molecule has 0 aromatic carbocycles. The van der Waals surface area contributed by atoms with Gasteiger partial charge in [-0.25, -0.2) is 4.98 Å². The number of pyridine rings is 1. The van der Waals surface area contributed by atoms with Crippen LogP contribution >= 0.6 is 0 Å². The molecule has 6 heteroatoms. The van der Waals surface area contributed by atoms with Crippen LogP contribution < -0.4 is 15.4 Å². The van der Waals surface area contributed by atoms with E-state index in [9.17, 15) is 9.59 Å². The Hall–Kier alpha value is -2.11. The van der Waals surface area contributed by atoms with E-state index in [4.69, 9.17) is 4.74 Å². The number of aromatic nitrogens is 1. The number of ether oxygens (including phenoxy) is 1. The Morgan fingerprint density at radius 2 is 2.29 bits per heavy atom. The summed E-state index contributed by atoms with van der Waals surface area (Å²) in [5.41, 5.74) is 0.701. The van der Waals surface area contributed by atoms with E-state index in [1.54, 1.807) is 18.2 Å². The van der Waals surface area contributed by atoms with Crippen molar-refractivity contribution in [1.82, 2.24) is 15.6 Å². The first kappa shape index (κ1) is 11.4. The second kappa shape index (κ2) is 4.82. The largest absolute Gasteiger partial charge is 0.481 e. The van der Waals surface area contributed by atoms with Crippen LogP contribution in [0.4, 0.5) is 0 Å². The lowest BCUT2D eigenvalue weighted by molar-refractivity contribution is -0.133. The maximum atomic E-state index is 11.5. The summed E-state index contributed by atoms with van der Waals surface area (Å²) in [6, 6.07) is 4.75. The predicted octanol–water partition coefficient (Wildman–Crippen LogP) is -0.753. The van der Waals surface area contributed by atoms with Crippen molar-refractivity contribution in [3.8, 4) is 5.88 Å². The molecule has 2 N–H and O–H groups in total. The second-order valence-corrected chi connectivity index (χ2v) is 3.71. The molecular weight excluding hydrogens is 222 g/mol. The highest BCUT2D eigenvalue weighted by Gasteiger charge is 2.26. The van der Waals surface area contributed by atoms with E-state index in [2.05, 4.69) is 15.6 Å². The van der Waals surface area contributed by atoms with E-state index < -0.39 is 6.04 Å². The van der Waals surface area contributed by atoms with Gasteiger partial charge in [0.25, 0.3) is 0 Å². The Morgan fingerprint density at radius 3 is 3.06 bits per heavy atom. The molecule has 6 nitrogen and oxygen atoms in total. The fourth-order valence-electron chi connectivity index (χ4n) is 1.64. The third-order valence-electron chi connectivity index (χ3n) is 2.48. The van der Waals surface area contributed by atoms with Gasteiger partial charge in [0.2, 0.25) is 17.7 Å². The zero-order chi connectivity index (χ0) is 12.3. The molecule has 1 aromatic heterocycles. The van der Waals surface area contributed by atoms with E-state index in [0.29, 0.717) is 18.0 Å². The molecule has 0 spiro atoms. The van der Waals surface area contributed by atoms with Crippen LogP contribution in [0.5, 0.6) is 5.88 Å². The van der Waals surface area contributed by atoms with Crippen molar-refractivity contribution >= 4 is 11.8 Å². The van der Waals surface area contributed by atoms with Gasteiger partial charge >= 0.3 is 0 Å². The molecule has 90 valence electrons. The molecule has 2 amide bonds. The molecule has 1 atom stereocenters. The lowest BCUT2D eigenvalue weighted by atomic mass is 10.1. The minimum Gasteiger partial charge on any atom is -0.481 e. The molecule has 1 fully saturated rings. The molecule has 0 radical (unpaired) electrons. The number of hydrogen-bond acceptors (Lipinski definition) is 4. The molecule has 0 unspecified atom stereocenters. The molecule has 17 heavy (non-hydrogen) atoms. The van der Waals surface area contributed by atoms with Crippen molar-refractivity contribution in [3.63, 3.8) is 0 Å². The maximum absolute atomic E-state index is 11.5. The van der Waals surface area contributed by atoms with Crippen molar-refractivity contribution in [2.75, 3.05) is 13.7 Å². The summed E-state index contributed by atoms with van der Waals surface area (Å²) in [4.78, 5) is 26.9. The summed E-state index contributed by atoms with van der Waals surface area (Å²) in [7, 11) is 1.53. The number of piperazine rings is 1. The normalized spacial score (nSPS) is 19.5. The molecule has 1 aromatic rings. The Labute approximate surface area is 98.4 Å². The summed E-state index contributed by atoms with van der Waals surface area (Å²) >= 11 is 0. The van der Waals surface area contributed by atoms with Crippen LogP contribution in [0, 0.1) is 0 Å². The van der Waals surface area contributed by atoms with E-state index in [0.717, 1.165) is 0 Å². The van der Waals surface area contributed by atoms with E-state index in [1.165, 1.54) is 7.11 Å². The molecule has 1 aliphatic heterocycles.